The standard InChI is InChI=1S/C20H13BrFN3O3S2/c21-12-5-10-17-18(11-12)29-20(23-17)24-19(26)15-3-1-2-4-16(15)25-30(27,28)14-8-6-13(22)7-9-14/h1-11,25H,(H,23,24,26). The van der Waals surface area contributed by atoms with Crippen LogP contribution in [0.2, 0.25) is 0 Å². The highest BCUT2D eigenvalue weighted by atomic mass is 79.9. The van der Waals surface area contributed by atoms with Crippen LogP contribution >= 0.6 is 27.3 Å². The van der Waals surface area contributed by atoms with Crippen LogP contribution in [0.15, 0.2) is 76.1 Å². The molecule has 0 atom stereocenters. The number of rotatable bonds is 5. The van der Waals surface area contributed by atoms with Crippen LogP contribution in [-0.2, 0) is 10.0 Å². The van der Waals surface area contributed by atoms with E-state index in [9.17, 15) is 17.6 Å². The van der Waals surface area contributed by atoms with Crippen LogP contribution in [0.5, 0.6) is 0 Å². The molecule has 0 aliphatic heterocycles. The molecule has 2 N–H and O–H groups in total. The highest BCUT2D eigenvalue weighted by Crippen LogP contribution is 2.29. The van der Waals surface area contributed by atoms with E-state index < -0.39 is 21.7 Å². The first-order valence-corrected chi connectivity index (χ1v) is 11.7. The second kappa shape index (κ2) is 8.13. The van der Waals surface area contributed by atoms with E-state index >= 15 is 0 Å². The summed E-state index contributed by atoms with van der Waals surface area (Å²) in [5.74, 6) is -1.05. The number of benzene rings is 3. The number of thiazole rings is 1. The van der Waals surface area contributed by atoms with Gasteiger partial charge in [-0.1, -0.05) is 39.4 Å². The minimum atomic E-state index is -4.00. The third kappa shape index (κ3) is 4.35. The molecule has 3 aromatic carbocycles. The number of carbonyl (C=O) groups excluding carboxylic acids is 1. The van der Waals surface area contributed by atoms with E-state index in [0.717, 1.165) is 39.0 Å². The molecular weight excluding hydrogens is 493 g/mol. The van der Waals surface area contributed by atoms with Gasteiger partial charge in [-0.3, -0.25) is 14.8 Å². The van der Waals surface area contributed by atoms with E-state index in [-0.39, 0.29) is 16.1 Å². The number of nitrogens with zero attached hydrogens (tertiary/aromatic N) is 1. The van der Waals surface area contributed by atoms with Crippen molar-refractivity contribution < 1.29 is 17.6 Å². The monoisotopic (exact) mass is 505 g/mol. The highest BCUT2D eigenvalue weighted by Gasteiger charge is 2.19. The number of carbonyl (C=O) groups is 1. The lowest BCUT2D eigenvalue weighted by atomic mass is 10.2. The average molecular weight is 506 g/mol. The van der Waals surface area contributed by atoms with Gasteiger partial charge in [0.15, 0.2) is 5.13 Å². The minimum Gasteiger partial charge on any atom is -0.298 e. The van der Waals surface area contributed by atoms with Crippen molar-refractivity contribution in [2.24, 2.45) is 0 Å². The molecule has 0 unspecified atom stereocenters. The lowest BCUT2D eigenvalue weighted by Gasteiger charge is -2.12. The topological polar surface area (TPSA) is 88.2 Å². The third-order valence-corrected chi connectivity index (χ3v) is 6.92. The molecule has 1 heterocycles. The lowest BCUT2D eigenvalue weighted by molar-refractivity contribution is 0.102. The predicted molar refractivity (Wildman–Crippen MR) is 119 cm³/mol. The van der Waals surface area contributed by atoms with Crippen LogP contribution in [0, 0.1) is 5.82 Å². The van der Waals surface area contributed by atoms with Crippen LogP contribution in [-0.4, -0.2) is 19.3 Å². The molecule has 1 aromatic heterocycles. The Kier molecular flexibility index (Phi) is 5.54. The number of nitrogens with one attached hydrogen (secondary N) is 2. The molecule has 0 fully saturated rings. The molecule has 4 aromatic rings. The van der Waals surface area contributed by atoms with Gasteiger partial charge in [-0.05, 0) is 54.6 Å². The molecule has 10 heteroatoms. The van der Waals surface area contributed by atoms with Crippen LogP contribution < -0.4 is 10.0 Å². The van der Waals surface area contributed by atoms with Gasteiger partial charge in [0.2, 0.25) is 0 Å². The summed E-state index contributed by atoms with van der Waals surface area (Å²) in [5.41, 5.74) is 0.968. The molecule has 0 aliphatic rings. The number of sulfonamides is 1. The second-order valence-corrected chi connectivity index (χ2v) is 9.82. The quantitative estimate of drug-likeness (QED) is 0.387. The fourth-order valence-corrected chi connectivity index (χ4v) is 5.20. The van der Waals surface area contributed by atoms with Crippen molar-refractivity contribution in [3.8, 4) is 0 Å². The van der Waals surface area contributed by atoms with Gasteiger partial charge in [-0.2, -0.15) is 0 Å². The SMILES string of the molecule is O=C(Nc1nc2ccc(Br)cc2s1)c1ccccc1NS(=O)(=O)c1ccc(F)cc1. The van der Waals surface area contributed by atoms with Crippen molar-refractivity contribution in [1.29, 1.82) is 0 Å². The number of anilines is 2. The summed E-state index contributed by atoms with van der Waals surface area (Å²) in [6.07, 6.45) is 0. The second-order valence-electron chi connectivity index (χ2n) is 6.19. The normalized spacial score (nSPS) is 11.4. The van der Waals surface area contributed by atoms with Crippen LogP contribution in [0.4, 0.5) is 15.2 Å². The van der Waals surface area contributed by atoms with Crippen molar-refractivity contribution in [1.82, 2.24) is 4.98 Å². The van der Waals surface area contributed by atoms with E-state index in [1.807, 2.05) is 18.2 Å². The maximum atomic E-state index is 13.1. The average Bonchev–Trinajstić information content (AvgIpc) is 3.09. The zero-order chi connectivity index (χ0) is 21.3. The van der Waals surface area contributed by atoms with Gasteiger partial charge in [-0.25, -0.2) is 17.8 Å². The van der Waals surface area contributed by atoms with Crippen molar-refractivity contribution in [3.63, 3.8) is 0 Å². The Hall–Kier alpha value is -2.82. The van der Waals surface area contributed by atoms with Crippen LogP contribution in [0.1, 0.15) is 10.4 Å². The largest absolute Gasteiger partial charge is 0.298 e. The van der Waals surface area contributed by atoms with E-state index in [2.05, 4.69) is 31.0 Å². The van der Waals surface area contributed by atoms with Crippen molar-refractivity contribution >= 4 is 64.2 Å². The number of hydrogen-bond donors (Lipinski definition) is 2. The first-order chi connectivity index (χ1) is 14.3. The smallest absolute Gasteiger partial charge is 0.261 e. The highest BCUT2D eigenvalue weighted by molar-refractivity contribution is 9.10. The summed E-state index contributed by atoms with van der Waals surface area (Å²) < 4.78 is 42.5. The molecule has 6 nitrogen and oxygen atoms in total. The molecule has 0 aliphatic carbocycles. The molecule has 30 heavy (non-hydrogen) atoms. The Labute approximate surface area is 184 Å². The fraction of sp³-hybridized carbons (Fsp3) is 0. The van der Waals surface area contributed by atoms with Crippen molar-refractivity contribution in [2.75, 3.05) is 10.0 Å². The number of hydrogen-bond acceptors (Lipinski definition) is 5. The number of amides is 1. The molecule has 152 valence electrons. The Bertz CT molecular complexity index is 1360. The van der Waals surface area contributed by atoms with Gasteiger partial charge in [-0.15, -0.1) is 0 Å². The van der Waals surface area contributed by atoms with E-state index in [0.29, 0.717) is 5.13 Å². The molecule has 0 spiro atoms. The molecule has 1 amide bonds. The van der Waals surface area contributed by atoms with E-state index in [1.54, 1.807) is 12.1 Å². The maximum Gasteiger partial charge on any atom is 0.261 e. The summed E-state index contributed by atoms with van der Waals surface area (Å²) in [5, 5.41) is 3.10. The van der Waals surface area contributed by atoms with Gasteiger partial charge in [0.1, 0.15) is 5.82 Å². The molecule has 0 saturated heterocycles. The number of halogens is 2. The van der Waals surface area contributed by atoms with Crippen LogP contribution in [0.3, 0.4) is 0 Å². The molecule has 4 rings (SSSR count). The lowest BCUT2D eigenvalue weighted by Crippen LogP contribution is -2.18. The van der Waals surface area contributed by atoms with Crippen molar-refractivity contribution in [2.45, 2.75) is 4.90 Å². The molecule has 0 radical (unpaired) electrons. The third-order valence-electron chi connectivity index (χ3n) is 4.11. The van der Waals surface area contributed by atoms with E-state index in [4.69, 9.17) is 0 Å². The minimum absolute atomic E-state index is 0.100. The van der Waals surface area contributed by atoms with E-state index in [1.165, 1.54) is 23.5 Å². The van der Waals surface area contributed by atoms with Gasteiger partial charge in [0.25, 0.3) is 15.9 Å². The number of fused-ring (bicyclic) bond motifs is 1. The van der Waals surface area contributed by atoms with Gasteiger partial charge >= 0.3 is 0 Å². The molecule has 0 saturated carbocycles. The van der Waals surface area contributed by atoms with Crippen LogP contribution in [0.25, 0.3) is 10.2 Å². The number of aromatic nitrogens is 1. The summed E-state index contributed by atoms with van der Waals surface area (Å²) in [4.78, 5) is 17.1. The first-order valence-electron chi connectivity index (χ1n) is 8.57. The Morgan fingerprint density at radius 2 is 1.77 bits per heavy atom. The molecular formula is C20H13BrFN3O3S2. The zero-order valence-electron chi connectivity index (χ0n) is 15.1. The summed E-state index contributed by atoms with van der Waals surface area (Å²) in [7, 11) is -4.00. The Balaban J connectivity index is 1.60. The number of para-hydroxylation sites is 1. The zero-order valence-corrected chi connectivity index (χ0v) is 18.3. The van der Waals surface area contributed by atoms with Gasteiger partial charge in [0, 0.05) is 4.47 Å². The van der Waals surface area contributed by atoms with Crippen molar-refractivity contribution in [3.05, 3.63) is 82.6 Å². The first kappa shape index (κ1) is 20.5. The summed E-state index contributed by atoms with van der Waals surface area (Å²) >= 11 is 4.70. The maximum absolute atomic E-state index is 13.1. The predicted octanol–water partition coefficient (Wildman–Crippen LogP) is 5.25. The Morgan fingerprint density at radius 1 is 1.03 bits per heavy atom. The molecule has 0 bridgehead atoms. The summed E-state index contributed by atoms with van der Waals surface area (Å²) in [6.45, 7) is 0. The summed E-state index contributed by atoms with van der Waals surface area (Å²) in [6, 6.07) is 16.2. The Morgan fingerprint density at radius 3 is 2.53 bits per heavy atom. The fourth-order valence-electron chi connectivity index (χ4n) is 2.70. The van der Waals surface area contributed by atoms with Gasteiger partial charge in [0.05, 0.1) is 26.4 Å². The van der Waals surface area contributed by atoms with Gasteiger partial charge < -0.3 is 0 Å².